The molecule has 0 saturated heterocycles. The number of carbonyl (C=O) groups is 1. The number of H-pyrrole nitrogens is 1. The Morgan fingerprint density at radius 2 is 2.04 bits per heavy atom. The van der Waals surface area contributed by atoms with Crippen LogP contribution in [0.1, 0.15) is 33.4 Å². The Morgan fingerprint density at radius 1 is 1.33 bits per heavy atom. The van der Waals surface area contributed by atoms with Crippen molar-refractivity contribution in [3.8, 4) is 11.4 Å². The van der Waals surface area contributed by atoms with Crippen molar-refractivity contribution in [3.05, 3.63) is 28.9 Å². The van der Waals surface area contributed by atoms with Crippen LogP contribution in [-0.4, -0.2) is 25.7 Å². The lowest BCUT2D eigenvalue weighted by molar-refractivity contribution is -0.114. The van der Waals surface area contributed by atoms with E-state index in [1.807, 2.05) is 20.8 Å². The molecule has 24 heavy (non-hydrogen) atoms. The number of nitrogens with two attached hydrogens (primary N) is 1. The third-order valence-electron chi connectivity index (χ3n) is 3.58. The van der Waals surface area contributed by atoms with Gasteiger partial charge < -0.3 is 16.0 Å². The number of nitrogen functional groups attached to an aromatic ring is 1. The van der Waals surface area contributed by atoms with E-state index >= 15 is 0 Å². The molecule has 1 aromatic carbocycles. The van der Waals surface area contributed by atoms with Gasteiger partial charge >= 0.3 is 0 Å². The molecule has 1 amide bonds. The van der Waals surface area contributed by atoms with Crippen LogP contribution < -0.4 is 11.1 Å². The average Bonchev–Trinajstić information content (AvgIpc) is 2.98. The maximum Gasteiger partial charge on any atom is 0.221 e. The first kappa shape index (κ1) is 16.3. The molecule has 0 bridgehead atoms. The first-order valence-corrected chi connectivity index (χ1v) is 7.87. The molecule has 3 rings (SSSR count). The number of amides is 1. The molecule has 8 heteroatoms. The van der Waals surface area contributed by atoms with E-state index in [1.54, 1.807) is 18.2 Å². The molecular weight excluding hydrogens is 328 g/mol. The van der Waals surface area contributed by atoms with Gasteiger partial charge in [0.1, 0.15) is 5.02 Å². The predicted octanol–water partition coefficient (Wildman–Crippen LogP) is 3.22. The topological polar surface area (TPSA) is 101 Å². The lowest BCUT2D eigenvalue weighted by Crippen LogP contribution is -2.13. The van der Waals surface area contributed by atoms with Gasteiger partial charge in [0.05, 0.1) is 5.69 Å². The molecule has 4 N–H and O–H groups in total. The van der Waals surface area contributed by atoms with Gasteiger partial charge in [0.2, 0.25) is 5.91 Å². The van der Waals surface area contributed by atoms with E-state index in [2.05, 4.69) is 20.5 Å². The summed E-state index contributed by atoms with van der Waals surface area (Å²) in [4.78, 5) is 14.3. The SMILES string of the molecule is CC(=O)Nc1ccc(-c2nn3nc(C(C)(C)C)c(Cl)c3[nH]2)c(N)c1. The summed E-state index contributed by atoms with van der Waals surface area (Å²) in [5.74, 6) is 0.409. The van der Waals surface area contributed by atoms with E-state index in [4.69, 9.17) is 17.3 Å². The highest BCUT2D eigenvalue weighted by molar-refractivity contribution is 6.34. The van der Waals surface area contributed by atoms with E-state index in [9.17, 15) is 4.79 Å². The second-order valence-corrected chi connectivity index (χ2v) is 7.09. The number of hydrogen-bond donors (Lipinski definition) is 3. The Balaban J connectivity index is 2.03. The van der Waals surface area contributed by atoms with Crippen molar-refractivity contribution < 1.29 is 4.79 Å². The minimum Gasteiger partial charge on any atom is -0.398 e. The molecule has 0 aliphatic carbocycles. The quantitative estimate of drug-likeness (QED) is 0.620. The Labute approximate surface area is 144 Å². The lowest BCUT2D eigenvalue weighted by atomic mass is 9.92. The highest BCUT2D eigenvalue weighted by Gasteiger charge is 2.25. The fourth-order valence-electron chi connectivity index (χ4n) is 2.46. The first-order chi connectivity index (χ1) is 11.2. The van der Waals surface area contributed by atoms with Crippen molar-refractivity contribution in [1.29, 1.82) is 0 Å². The Morgan fingerprint density at radius 3 is 2.58 bits per heavy atom. The molecule has 0 spiro atoms. The van der Waals surface area contributed by atoms with Gasteiger partial charge in [-0.3, -0.25) is 4.79 Å². The van der Waals surface area contributed by atoms with Crippen molar-refractivity contribution in [3.63, 3.8) is 0 Å². The number of nitrogens with one attached hydrogen (secondary N) is 2. The zero-order valence-corrected chi connectivity index (χ0v) is 14.7. The van der Waals surface area contributed by atoms with Crippen molar-refractivity contribution in [1.82, 2.24) is 19.8 Å². The summed E-state index contributed by atoms with van der Waals surface area (Å²) in [7, 11) is 0. The first-order valence-electron chi connectivity index (χ1n) is 7.49. The maximum absolute atomic E-state index is 11.1. The van der Waals surface area contributed by atoms with Crippen LogP contribution in [0, 0.1) is 0 Å². The second kappa shape index (κ2) is 5.52. The van der Waals surface area contributed by atoms with E-state index in [1.165, 1.54) is 11.6 Å². The normalized spacial score (nSPS) is 11.9. The number of aromatic amines is 1. The molecule has 0 atom stereocenters. The number of nitrogens with zero attached hydrogens (tertiary/aromatic N) is 3. The molecule has 0 aliphatic heterocycles. The molecule has 2 aromatic heterocycles. The molecule has 3 aromatic rings. The monoisotopic (exact) mass is 346 g/mol. The summed E-state index contributed by atoms with van der Waals surface area (Å²) in [5.41, 5.74) is 9.15. The minimum atomic E-state index is -0.176. The number of benzene rings is 1. The number of aromatic nitrogens is 4. The summed E-state index contributed by atoms with van der Waals surface area (Å²) in [5, 5.41) is 12.1. The van der Waals surface area contributed by atoms with Crippen LogP contribution in [0.3, 0.4) is 0 Å². The number of anilines is 2. The average molecular weight is 347 g/mol. The minimum absolute atomic E-state index is 0.153. The van der Waals surface area contributed by atoms with Crippen molar-refractivity contribution >= 4 is 34.5 Å². The third-order valence-corrected chi connectivity index (χ3v) is 3.94. The molecule has 0 unspecified atom stereocenters. The summed E-state index contributed by atoms with van der Waals surface area (Å²) >= 11 is 6.43. The summed E-state index contributed by atoms with van der Waals surface area (Å²) in [6.45, 7) is 7.57. The summed E-state index contributed by atoms with van der Waals surface area (Å²) < 4.78 is 1.49. The van der Waals surface area contributed by atoms with Gasteiger partial charge in [0, 0.05) is 29.3 Å². The standard InChI is InChI=1S/C16H19ClN6O/c1-8(24)19-9-5-6-10(11(18)7-9)14-20-15-12(17)13(16(2,3)4)21-23(15)22-14/h5-7H,18H2,1-4H3,(H,19,24)(H,20,22). The van der Waals surface area contributed by atoms with Crippen molar-refractivity contribution in [2.75, 3.05) is 11.1 Å². The largest absolute Gasteiger partial charge is 0.398 e. The number of carbonyl (C=O) groups excluding carboxylic acids is 1. The number of fused-ring (bicyclic) bond motifs is 1. The van der Waals surface area contributed by atoms with Gasteiger partial charge in [0.15, 0.2) is 11.5 Å². The van der Waals surface area contributed by atoms with Gasteiger partial charge in [0.25, 0.3) is 0 Å². The van der Waals surface area contributed by atoms with Crippen LogP contribution in [0.15, 0.2) is 18.2 Å². The Bertz CT molecular complexity index is 934. The smallest absolute Gasteiger partial charge is 0.221 e. The van der Waals surface area contributed by atoms with Crippen molar-refractivity contribution in [2.24, 2.45) is 0 Å². The molecule has 2 heterocycles. The molecule has 0 aliphatic rings. The zero-order chi connectivity index (χ0) is 17.6. The Hall–Kier alpha value is -2.54. The van der Waals surface area contributed by atoms with E-state index < -0.39 is 0 Å². The number of halogens is 1. The van der Waals surface area contributed by atoms with Gasteiger partial charge in [-0.25, -0.2) is 0 Å². The molecule has 126 valence electrons. The fourth-order valence-corrected chi connectivity index (χ4v) is 2.90. The van der Waals surface area contributed by atoms with Crippen molar-refractivity contribution in [2.45, 2.75) is 33.1 Å². The molecular formula is C16H19ClN6O. The second-order valence-electron chi connectivity index (χ2n) is 6.71. The lowest BCUT2D eigenvalue weighted by Gasteiger charge is -2.14. The fraction of sp³-hybridized carbons (Fsp3) is 0.312. The van der Waals surface area contributed by atoms with Gasteiger partial charge in [-0.2, -0.15) is 5.10 Å². The van der Waals surface area contributed by atoms with Crippen LogP contribution in [0.2, 0.25) is 5.02 Å². The van der Waals surface area contributed by atoms with Crippen LogP contribution in [0.4, 0.5) is 11.4 Å². The highest BCUT2D eigenvalue weighted by atomic mass is 35.5. The Kier molecular flexibility index (Phi) is 3.76. The maximum atomic E-state index is 11.1. The molecule has 0 radical (unpaired) electrons. The third kappa shape index (κ3) is 2.82. The summed E-state index contributed by atoms with van der Waals surface area (Å²) in [6, 6.07) is 5.24. The number of rotatable bonds is 2. The molecule has 0 saturated carbocycles. The molecule has 0 fully saturated rings. The zero-order valence-electron chi connectivity index (χ0n) is 13.9. The van der Waals surface area contributed by atoms with Gasteiger partial charge in [-0.1, -0.05) is 32.4 Å². The van der Waals surface area contributed by atoms with Crippen LogP contribution >= 0.6 is 11.6 Å². The van der Waals surface area contributed by atoms with E-state index in [-0.39, 0.29) is 11.3 Å². The van der Waals surface area contributed by atoms with Crippen LogP contribution in [-0.2, 0) is 10.2 Å². The van der Waals surface area contributed by atoms with Gasteiger partial charge in [-0.15, -0.1) is 9.73 Å². The van der Waals surface area contributed by atoms with Gasteiger partial charge in [-0.05, 0) is 18.2 Å². The van der Waals surface area contributed by atoms with E-state index in [0.29, 0.717) is 33.4 Å². The molecule has 7 nitrogen and oxygen atoms in total. The van der Waals surface area contributed by atoms with Crippen LogP contribution in [0.25, 0.3) is 17.0 Å². The predicted molar refractivity (Wildman–Crippen MR) is 95.2 cm³/mol. The number of hydrogen-bond acceptors (Lipinski definition) is 4. The summed E-state index contributed by atoms with van der Waals surface area (Å²) in [6.07, 6.45) is 0. The van der Waals surface area contributed by atoms with E-state index in [0.717, 1.165) is 5.69 Å². The highest BCUT2D eigenvalue weighted by Crippen LogP contribution is 2.33. The van der Waals surface area contributed by atoms with Crippen LogP contribution in [0.5, 0.6) is 0 Å².